The highest BCUT2D eigenvalue weighted by atomic mass is 35.5. The van der Waals surface area contributed by atoms with Crippen LogP contribution in [0.1, 0.15) is 11.3 Å². The summed E-state index contributed by atoms with van der Waals surface area (Å²) in [4.78, 5) is 0.0308. The molecule has 0 aliphatic heterocycles. The van der Waals surface area contributed by atoms with E-state index in [0.717, 1.165) is 0 Å². The van der Waals surface area contributed by atoms with Gasteiger partial charge in [0.2, 0.25) is 5.76 Å². The second-order valence-electron chi connectivity index (χ2n) is 4.93. The topological polar surface area (TPSA) is 85.3 Å². The van der Waals surface area contributed by atoms with Gasteiger partial charge in [0.25, 0.3) is 10.0 Å². The van der Waals surface area contributed by atoms with Crippen LogP contribution in [0.3, 0.4) is 0 Å². The van der Waals surface area contributed by atoms with Gasteiger partial charge in [0.1, 0.15) is 10.7 Å². The van der Waals surface area contributed by atoms with Gasteiger partial charge in [0.05, 0.1) is 11.9 Å². The number of hydrogen-bond acceptors (Lipinski definition) is 5. The molecule has 0 spiro atoms. The quantitative estimate of drug-likeness (QED) is 0.766. The van der Waals surface area contributed by atoms with Gasteiger partial charge >= 0.3 is 0 Å². The molecule has 1 N–H and O–H groups in total. The minimum absolute atomic E-state index is 0.0308. The summed E-state index contributed by atoms with van der Waals surface area (Å²) in [7, 11) is -3.82. The molecule has 0 radical (unpaired) electrons. The van der Waals surface area contributed by atoms with E-state index in [0.29, 0.717) is 27.8 Å². The van der Waals surface area contributed by atoms with Crippen LogP contribution in [0, 0.1) is 13.8 Å². The Morgan fingerprint density at radius 2 is 1.96 bits per heavy atom. The van der Waals surface area contributed by atoms with Crippen molar-refractivity contribution >= 4 is 27.3 Å². The van der Waals surface area contributed by atoms with Crippen molar-refractivity contribution in [2.24, 2.45) is 0 Å². The van der Waals surface area contributed by atoms with Crippen LogP contribution in [0.25, 0.3) is 11.5 Å². The molecule has 0 saturated carbocycles. The highest BCUT2D eigenvalue weighted by Crippen LogP contribution is 2.30. The Labute approximate surface area is 138 Å². The molecule has 3 rings (SSSR count). The fourth-order valence-electron chi connectivity index (χ4n) is 2.11. The molecule has 2 heterocycles. The van der Waals surface area contributed by atoms with E-state index in [4.69, 9.17) is 20.5 Å². The molecule has 23 heavy (non-hydrogen) atoms. The first kappa shape index (κ1) is 15.6. The van der Waals surface area contributed by atoms with E-state index >= 15 is 0 Å². The van der Waals surface area contributed by atoms with E-state index in [2.05, 4.69) is 9.88 Å². The summed E-state index contributed by atoms with van der Waals surface area (Å²) in [6.45, 7) is 3.31. The Hall–Kier alpha value is -2.25. The van der Waals surface area contributed by atoms with Crippen LogP contribution >= 0.6 is 11.6 Å². The number of benzene rings is 1. The number of anilines is 1. The fourth-order valence-corrected chi connectivity index (χ4v) is 3.59. The number of nitrogens with one attached hydrogen (secondary N) is 1. The lowest BCUT2D eigenvalue weighted by atomic mass is 10.2. The highest BCUT2D eigenvalue weighted by Gasteiger charge is 2.24. The summed E-state index contributed by atoms with van der Waals surface area (Å²) in [5, 5.41) is 4.06. The fraction of sp³-hybridized carbons (Fsp3) is 0.133. The lowest BCUT2D eigenvalue weighted by molar-refractivity contribution is 0.414. The summed E-state index contributed by atoms with van der Waals surface area (Å²) >= 11 is 6.02. The lowest BCUT2D eigenvalue weighted by Crippen LogP contribution is -2.14. The van der Waals surface area contributed by atoms with E-state index in [1.165, 1.54) is 12.3 Å². The molecule has 0 saturated heterocycles. The Bertz CT molecular complexity index is 946. The second kappa shape index (κ2) is 5.75. The van der Waals surface area contributed by atoms with Gasteiger partial charge in [-0.15, -0.1) is 0 Å². The Kier molecular flexibility index (Phi) is 3.91. The van der Waals surface area contributed by atoms with Gasteiger partial charge in [-0.3, -0.25) is 4.72 Å². The van der Waals surface area contributed by atoms with Crippen LogP contribution in [-0.2, 0) is 10.0 Å². The third kappa shape index (κ3) is 2.97. The molecule has 0 bridgehead atoms. The minimum Gasteiger partial charge on any atom is -0.456 e. The van der Waals surface area contributed by atoms with Gasteiger partial charge in [0.15, 0.2) is 5.76 Å². The molecular weight excluding hydrogens is 340 g/mol. The highest BCUT2D eigenvalue weighted by molar-refractivity contribution is 7.92. The van der Waals surface area contributed by atoms with Crippen LogP contribution in [-0.4, -0.2) is 13.6 Å². The van der Waals surface area contributed by atoms with Crippen LogP contribution in [0.5, 0.6) is 0 Å². The van der Waals surface area contributed by atoms with Gasteiger partial charge in [-0.25, -0.2) is 8.42 Å². The molecule has 3 aromatic rings. The molecular formula is C15H13ClN2O4S. The third-order valence-corrected chi connectivity index (χ3v) is 5.24. The summed E-state index contributed by atoms with van der Waals surface area (Å²) < 4.78 is 38.2. The summed E-state index contributed by atoms with van der Waals surface area (Å²) in [6.07, 6.45) is 1.45. The number of sulfonamides is 1. The monoisotopic (exact) mass is 352 g/mol. The van der Waals surface area contributed by atoms with E-state index in [9.17, 15) is 8.42 Å². The average molecular weight is 353 g/mol. The van der Waals surface area contributed by atoms with Crippen molar-refractivity contribution in [2.75, 3.05) is 4.72 Å². The van der Waals surface area contributed by atoms with Crippen molar-refractivity contribution in [1.82, 2.24) is 5.16 Å². The van der Waals surface area contributed by atoms with Gasteiger partial charge in [-0.1, -0.05) is 22.8 Å². The Morgan fingerprint density at radius 3 is 2.65 bits per heavy atom. The molecule has 0 amide bonds. The van der Waals surface area contributed by atoms with Crippen LogP contribution in [0.15, 0.2) is 50.4 Å². The third-order valence-electron chi connectivity index (χ3n) is 3.35. The van der Waals surface area contributed by atoms with E-state index in [-0.39, 0.29) is 10.7 Å². The molecule has 0 aliphatic carbocycles. The first-order valence-electron chi connectivity index (χ1n) is 6.68. The molecule has 1 aromatic carbocycles. The van der Waals surface area contributed by atoms with Crippen molar-refractivity contribution in [3.8, 4) is 11.5 Å². The maximum Gasteiger partial charge on any atom is 0.265 e. The van der Waals surface area contributed by atoms with Gasteiger partial charge in [-0.2, -0.15) is 0 Å². The predicted octanol–water partition coefficient (Wildman–Crippen LogP) is 4.01. The first-order valence-corrected chi connectivity index (χ1v) is 8.54. The first-order chi connectivity index (χ1) is 10.9. The summed E-state index contributed by atoms with van der Waals surface area (Å²) in [5.41, 5.74) is 1.06. The van der Waals surface area contributed by atoms with E-state index < -0.39 is 10.0 Å². The number of furan rings is 1. The maximum atomic E-state index is 12.6. The SMILES string of the molecule is Cc1oc(-c2ccno2)cc1S(=O)(=O)Nc1cccc(Cl)c1C. The van der Waals surface area contributed by atoms with Gasteiger partial charge < -0.3 is 8.94 Å². The minimum atomic E-state index is -3.82. The Balaban J connectivity index is 1.99. The lowest BCUT2D eigenvalue weighted by Gasteiger charge is -2.10. The number of hydrogen-bond donors (Lipinski definition) is 1. The normalized spacial score (nSPS) is 11.6. The average Bonchev–Trinajstić information content (AvgIpc) is 3.13. The number of rotatable bonds is 4. The molecule has 6 nitrogen and oxygen atoms in total. The Morgan fingerprint density at radius 1 is 1.17 bits per heavy atom. The molecule has 2 aromatic heterocycles. The molecule has 120 valence electrons. The molecule has 8 heteroatoms. The predicted molar refractivity (Wildman–Crippen MR) is 85.9 cm³/mol. The largest absolute Gasteiger partial charge is 0.456 e. The zero-order chi connectivity index (χ0) is 16.6. The second-order valence-corrected chi connectivity index (χ2v) is 6.98. The summed E-state index contributed by atoms with van der Waals surface area (Å²) in [5.74, 6) is 0.903. The van der Waals surface area contributed by atoms with Crippen LogP contribution in [0.4, 0.5) is 5.69 Å². The van der Waals surface area contributed by atoms with E-state index in [1.807, 2.05) is 0 Å². The van der Waals surface area contributed by atoms with Gasteiger partial charge in [0, 0.05) is 17.2 Å². The molecule has 0 unspecified atom stereocenters. The zero-order valence-corrected chi connectivity index (χ0v) is 13.9. The van der Waals surface area contributed by atoms with Gasteiger partial charge in [-0.05, 0) is 31.5 Å². The maximum absolute atomic E-state index is 12.6. The van der Waals surface area contributed by atoms with Crippen molar-refractivity contribution in [3.05, 3.63) is 52.9 Å². The summed E-state index contributed by atoms with van der Waals surface area (Å²) in [6, 6.07) is 8.00. The van der Waals surface area contributed by atoms with Crippen LogP contribution in [0.2, 0.25) is 5.02 Å². The number of aryl methyl sites for hydroxylation is 1. The van der Waals surface area contributed by atoms with Crippen LogP contribution < -0.4 is 4.72 Å². The number of aromatic nitrogens is 1. The smallest absolute Gasteiger partial charge is 0.265 e. The number of halogens is 1. The van der Waals surface area contributed by atoms with E-state index in [1.54, 1.807) is 38.1 Å². The van der Waals surface area contributed by atoms with Crippen molar-refractivity contribution in [1.29, 1.82) is 0 Å². The van der Waals surface area contributed by atoms with Crippen molar-refractivity contribution in [2.45, 2.75) is 18.7 Å². The standard InChI is InChI=1S/C15H13ClN2O4S/c1-9-11(16)4-3-5-12(9)18-23(19,20)15-8-14(21-10(15)2)13-6-7-17-22-13/h3-8,18H,1-2H3. The van der Waals surface area contributed by atoms with Crippen molar-refractivity contribution < 1.29 is 17.4 Å². The van der Waals surface area contributed by atoms with Crippen molar-refractivity contribution in [3.63, 3.8) is 0 Å². The molecule has 0 aliphatic rings. The molecule has 0 fully saturated rings. The number of nitrogens with zero attached hydrogens (tertiary/aromatic N) is 1. The zero-order valence-electron chi connectivity index (χ0n) is 12.3. The molecule has 0 atom stereocenters.